The molecular formula is C28H44N4O2+2. The fraction of sp³-hybridized carbons (Fsp3) is 0.571. The second kappa shape index (κ2) is 15.2. The van der Waals surface area contributed by atoms with Gasteiger partial charge in [0.25, 0.3) is 11.8 Å². The summed E-state index contributed by atoms with van der Waals surface area (Å²) in [6.07, 6.45) is 15.2. The number of aromatic nitrogens is 2. The number of hydrogen-bond acceptors (Lipinski definition) is 2. The molecule has 0 saturated carbocycles. The zero-order valence-electron chi connectivity index (χ0n) is 21.7. The van der Waals surface area contributed by atoms with Crippen LogP contribution in [0.1, 0.15) is 86.9 Å². The Bertz CT molecular complexity index is 818. The molecule has 2 amide bonds. The van der Waals surface area contributed by atoms with Gasteiger partial charge < -0.3 is 9.80 Å². The predicted molar refractivity (Wildman–Crippen MR) is 135 cm³/mol. The highest BCUT2D eigenvalue weighted by Crippen LogP contribution is 2.07. The lowest BCUT2D eigenvalue weighted by atomic mass is 10.1. The first-order chi connectivity index (χ1) is 16.5. The number of hydrogen-bond donors (Lipinski definition) is 0. The van der Waals surface area contributed by atoms with Gasteiger partial charge in [-0.05, 0) is 52.7 Å². The van der Waals surface area contributed by atoms with E-state index in [2.05, 4.69) is 21.5 Å². The molecule has 6 nitrogen and oxygen atoms in total. The van der Waals surface area contributed by atoms with Crippen LogP contribution in [0.5, 0.6) is 0 Å². The van der Waals surface area contributed by atoms with Crippen LogP contribution >= 0.6 is 0 Å². The van der Waals surface area contributed by atoms with Gasteiger partial charge in [-0.2, -0.15) is 0 Å². The number of rotatable bonds is 15. The van der Waals surface area contributed by atoms with Gasteiger partial charge in [-0.25, -0.2) is 9.13 Å². The van der Waals surface area contributed by atoms with E-state index >= 15 is 0 Å². The largest absolute Gasteiger partial charge is 0.339 e. The van der Waals surface area contributed by atoms with Gasteiger partial charge in [-0.1, -0.05) is 12.8 Å². The van der Waals surface area contributed by atoms with E-state index in [0.717, 1.165) is 63.2 Å². The third kappa shape index (κ3) is 8.54. The molecule has 0 aliphatic carbocycles. The van der Waals surface area contributed by atoms with Crippen LogP contribution in [0.2, 0.25) is 0 Å². The summed E-state index contributed by atoms with van der Waals surface area (Å²) in [6, 6.07) is 7.76. The van der Waals surface area contributed by atoms with Gasteiger partial charge in [0.2, 0.25) is 0 Å². The fourth-order valence-electron chi connectivity index (χ4n) is 4.26. The average molecular weight is 469 g/mol. The molecule has 0 unspecified atom stereocenters. The summed E-state index contributed by atoms with van der Waals surface area (Å²) in [4.78, 5) is 28.8. The van der Waals surface area contributed by atoms with Crippen molar-refractivity contribution in [3.05, 3.63) is 60.2 Å². The van der Waals surface area contributed by atoms with Crippen LogP contribution < -0.4 is 9.13 Å². The molecule has 34 heavy (non-hydrogen) atoms. The molecule has 2 heterocycles. The third-order valence-corrected chi connectivity index (χ3v) is 6.39. The van der Waals surface area contributed by atoms with Crippen LogP contribution in [0.15, 0.2) is 49.1 Å². The Balaban J connectivity index is 1.66. The zero-order valence-corrected chi connectivity index (χ0v) is 21.7. The Morgan fingerprint density at radius 3 is 1.32 bits per heavy atom. The van der Waals surface area contributed by atoms with Gasteiger partial charge in [0.15, 0.2) is 24.8 Å². The van der Waals surface area contributed by atoms with Crippen molar-refractivity contribution in [3.8, 4) is 0 Å². The number of nitrogens with zero attached hydrogens (tertiary/aromatic N) is 4. The monoisotopic (exact) mass is 468 g/mol. The smallest absolute Gasteiger partial charge is 0.259 e. The van der Waals surface area contributed by atoms with E-state index in [-0.39, 0.29) is 11.8 Å². The summed E-state index contributed by atoms with van der Waals surface area (Å²) < 4.78 is 4.28. The van der Waals surface area contributed by atoms with Crippen LogP contribution in [-0.4, -0.2) is 47.8 Å². The molecule has 0 N–H and O–H groups in total. The molecule has 0 atom stereocenters. The first-order valence-corrected chi connectivity index (χ1v) is 13.1. The van der Waals surface area contributed by atoms with Gasteiger partial charge in [0.1, 0.15) is 24.2 Å². The Labute approximate surface area is 206 Å². The summed E-state index contributed by atoms with van der Waals surface area (Å²) in [5.74, 6) is 0.223. The van der Waals surface area contributed by atoms with Gasteiger partial charge in [-0.15, -0.1) is 0 Å². The van der Waals surface area contributed by atoms with Crippen LogP contribution in [0.4, 0.5) is 0 Å². The maximum absolute atomic E-state index is 12.5. The Hall–Kier alpha value is -2.76. The zero-order chi connectivity index (χ0) is 24.8. The number of pyridine rings is 2. The second-order valence-electron chi connectivity index (χ2n) is 8.74. The second-order valence-corrected chi connectivity index (χ2v) is 8.74. The topological polar surface area (TPSA) is 48.4 Å². The number of aryl methyl sites for hydroxylation is 2. The Kier molecular flexibility index (Phi) is 12.3. The van der Waals surface area contributed by atoms with Crippen LogP contribution in [0, 0.1) is 0 Å². The lowest BCUT2D eigenvalue weighted by Gasteiger charge is -2.17. The van der Waals surface area contributed by atoms with Crippen molar-refractivity contribution in [2.75, 3.05) is 26.2 Å². The quantitative estimate of drug-likeness (QED) is 0.290. The maximum Gasteiger partial charge on any atom is 0.259 e. The van der Waals surface area contributed by atoms with Crippen molar-refractivity contribution >= 4 is 11.8 Å². The van der Waals surface area contributed by atoms with Crippen molar-refractivity contribution in [2.24, 2.45) is 0 Å². The molecule has 0 bridgehead atoms. The van der Waals surface area contributed by atoms with E-state index in [1.165, 1.54) is 25.7 Å². The van der Waals surface area contributed by atoms with Gasteiger partial charge in [0.05, 0.1) is 0 Å². The molecule has 0 aliphatic heterocycles. The highest BCUT2D eigenvalue weighted by Gasteiger charge is 2.16. The first-order valence-electron chi connectivity index (χ1n) is 13.1. The lowest BCUT2D eigenvalue weighted by molar-refractivity contribution is -0.697. The molecule has 0 aromatic carbocycles. The molecule has 2 aromatic heterocycles. The number of unbranched alkanes of at least 4 members (excludes halogenated alkanes) is 5. The van der Waals surface area contributed by atoms with E-state index < -0.39 is 0 Å². The number of carbonyl (C=O) groups excluding carboxylic acids is 2. The van der Waals surface area contributed by atoms with E-state index in [1.807, 2.05) is 74.2 Å². The summed E-state index contributed by atoms with van der Waals surface area (Å²) in [7, 11) is 0. The fourth-order valence-corrected chi connectivity index (χ4v) is 4.26. The van der Waals surface area contributed by atoms with Crippen molar-refractivity contribution < 1.29 is 18.7 Å². The van der Waals surface area contributed by atoms with Crippen LogP contribution in [-0.2, 0) is 13.1 Å². The molecular weight excluding hydrogens is 424 g/mol. The standard InChI is InChI=1S/C28H44N4O2/c1-5-31(6-2)27(33)25-17-15-21-29(23-25)19-13-11-9-10-12-14-20-30-22-16-18-26(24-30)28(34)32(7-3)8-4/h15-18,21-24H,5-14,19-20H2,1-4H3/q+2. The first kappa shape index (κ1) is 27.5. The van der Waals surface area contributed by atoms with Crippen molar-refractivity contribution in [1.82, 2.24) is 9.80 Å². The van der Waals surface area contributed by atoms with Crippen LogP contribution in [0.25, 0.3) is 0 Å². The van der Waals surface area contributed by atoms with Gasteiger partial charge >= 0.3 is 0 Å². The average Bonchev–Trinajstić information content (AvgIpc) is 2.87. The summed E-state index contributed by atoms with van der Waals surface area (Å²) in [5.41, 5.74) is 1.54. The molecule has 0 aliphatic rings. The van der Waals surface area contributed by atoms with Crippen molar-refractivity contribution in [2.45, 2.75) is 79.3 Å². The van der Waals surface area contributed by atoms with E-state index in [0.29, 0.717) is 0 Å². The molecule has 186 valence electrons. The minimum atomic E-state index is 0.111. The third-order valence-electron chi connectivity index (χ3n) is 6.39. The highest BCUT2D eigenvalue weighted by molar-refractivity contribution is 5.94. The molecule has 2 rings (SSSR count). The minimum Gasteiger partial charge on any atom is -0.339 e. The molecule has 0 spiro atoms. The lowest BCUT2D eigenvalue weighted by Crippen LogP contribution is -2.37. The molecule has 6 heteroatoms. The summed E-state index contributed by atoms with van der Waals surface area (Å²) >= 11 is 0. The molecule has 2 aromatic rings. The number of carbonyl (C=O) groups is 2. The molecule has 0 saturated heterocycles. The Morgan fingerprint density at radius 1 is 0.618 bits per heavy atom. The minimum absolute atomic E-state index is 0.111. The predicted octanol–water partition coefficient (Wildman–Crippen LogP) is 4.27. The van der Waals surface area contributed by atoms with Gasteiger partial charge in [-0.3, -0.25) is 9.59 Å². The molecule has 0 fully saturated rings. The Morgan fingerprint density at radius 2 is 0.971 bits per heavy atom. The van der Waals surface area contributed by atoms with Crippen molar-refractivity contribution in [1.29, 1.82) is 0 Å². The van der Waals surface area contributed by atoms with Crippen molar-refractivity contribution in [3.63, 3.8) is 0 Å². The molecule has 0 radical (unpaired) electrons. The number of amides is 2. The highest BCUT2D eigenvalue weighted by atomic mass is 16.2. The van der Waals surface area contributed by atoms with E-state index in [9.17, 15) is 9.59 Å². The maximum atomic E-state index is 12.5. The van der Waals surface area contributed by atoms with E-state index in [4.69, 9.17) is 0 Å². The summed E-state index contributed by atoms with van der Waals surface area (Å²) in [5, 5.41) is 0. The normalized spacial score (nSPS) is 10.8. The summed E-state index contributed by atoms with van der Waals surface area (Å²) in [6.45, 7) is 12.9. The van der Waals surface area contributed by atoms with E-state index in [1.54, 1.807) is 0 Å². The van der Waals surface area contributed by atoms with Gasteiger partial charge in [0, 0.05) is 51.2 Å². The van der Waals surface area contributed by atoms with Crippen LogP contribution in [0.3, 0.4) is 0 Å². The SMILES string of the molecule is CCN(CC)C(=O)c1ccc[n+](CCCCCCCC[n+]2cccc(C(=O)N(CC)CC)c2)c1.